The van der Waals surface area contributed by atoms with Crippen LogP contribution in [0.3, 0.4) is 0 Å². The lowest BCUT2D eigenvalue weighted by molar-refractivity contribution is -0.141. The zero-order valence-electron chi connectivity index (χ0n) is 15.1. The molecule has 0 radical (unpaired) electrons. The quantitative estimate of drug-likeness (QED) is 0.802. The van der Waals surface area contributed by atoms with Crippen molar-refractivity contribution in [3.05, 3.63) is 41.6 Å². The van der Waals surface area contributed by atoms with E-state index in [1.807, 2.05) is 29.2 Å². The molecule has 1 aromatic heterocycles. The first kappa shape index (κ1) is 16.4. The molecule has 1 fully saturated rings. The van der Waals surface area contributed by atoms with Crippen molar-refractivity contribution in [1.82, 2.24) is 15.1 Å². The van der Waals surface area contributed by atoms with Crippen molar-refractivity contribution in [2.75, 3.05) is 37.7 Å². The molecule has 2 aliphatic heterocycles. The molecule has 1 atom stereocenters. The highest BCUT2D eigenvalue weighted by molar-refractivity contribution is 5.82. The summed E-state index contributed by atoms with van der Waals surface area (Å²) >= 11 is 0. The van der Waals surface area contributed by atoms with Crippen LogP contribution in [0, 0.1) is 0 Å². The number of amides is 1. The standard InChI is InChI=1S/C20H22N4O3/c25-20(18-13-26-16-6-1-2-7-17(16)27-18)24-10-8-23(9-11-24)19-12-14-4-3-5-15(14)21-22-19/h1-2,6-7,12,18H,3-5,8-11,13H2. The van der Waals surface area contributed by atoms with E-state index >= 15 is 0 Å². The van der Waals surface area contributed by atoms with Gasteiger partial charge in [0.1, 0.15) is 6.61 Å². The van der Waals surface area contributed by atoms with Crippen LogP contribution in [0.25, 0.3) is 0 Å². The van der Waals surface area contributed by atoms with E-state index in [-0.39, 0.29) is 12.5 Å². The Morgan fingerprint density at radius 1 is 1.04 bits per heavy atom. The molecule has 140 valence electrons. The number of carbonyl (C=O) groups is 1. The average Bonchev–Trinajstić information content (AvgIpc) is 3.21. The van der Waals surface area contributed by atoms with E-state index in [2.05, 4.69) is 21.2 Å². The smallest absolute Gasteiger partial charge is 0.267 e. The minimum atomic E-state index is -0.578. The minimum Gasteiger partial charge on any atom is -0.485 e. The number of nitrogens with zero attached hydrogens (tertiary/aromatic N) is 4. The molecule has 0 saturated carbocycles. The largest absolute Gasteiger partial charge is 0.485 e. The number of hydrogen-bond acceptors (Lipinski definition) is 6. The van der Waals surface area contributed by atoms with Crippen LogP contribution >= 0.6 is 0 Å². The molecule has 3 heterocycles. The second-order valence-corrected chi connectivity index (χ2v) is 7.20. The van der Waals surface area contributed by atoms with Gasteiger partial charge in [-0.25, -0.2) is 0 Å². The molecule has 1 saturated heterocycles. The van der Waals surface area contributed by atoms with E-state index < -0.39 is 6.10 Å². The van der Waals surface area contributed by atoms with Crippen LogP contribution in [0.4, 0.5) is 5.82 Å². The van der Waals surface area contributed by atoms with Gasteiger partial charge in [0.2, 0.25) is 6.10 Å². The van der Waals surface area contributed by atoms with Crippen LogP contribution in [-0.2, 0) is 17.6 Å². The number of para-hydroxylation sites is 2. The molecular formula is C20H22N4O3. The number of rotatable bonds is 2. The molecule has 27 heavy (non-hydrogen) atoms. The Kier molecular flexibility index (Phi) is 4.07. The van der Waals surface area contributed by atoms with E-state index in [0.29, 0.717) is 24.6 Å². The first-order valence-corrected chi connectivity index (χ1v) is 9.55. The normalized spacial score (nSPS) is 21.1. The number of ether oxygens (including phenoxy) is 2. The van der Waals surface area contributed by atoms with Crippen LogP contribution in [0.2, 0.25) is 0 Å². The predicted octanol–water partition coefficient (Wildman–Crippen LogP) is 1.45. The highest BCUT2D eigenvalue weighted by atomic mass is 16.6. The van der Waals surface area contributed by atoms with Gasteiger partial charge in [0.25, 0.3) is 5.91 Å². The Labute approximate surface area is 157 Å². The summed E-state index contributed by atoms with van der Waals surface area (Å²) in [6.45, 7) is 3.07. The van der Waals surface area contributed by atoms with Crippen LogP contribution in [0.15, 0.2) is 30.3 Å². The zero-order chi connectivity index (χ0) is 18.2. The van der Waals surface area contributed by atoms with Gasteiger partial charge in [0.15, 0.2) is 17.3 Å². The maximum Gasteiger partial charge on any atom is 0.267 e. The molecule has 0 spiro atoms. The van der Waals surface area contributed by atoms with E-state index in [4.69, 9.17) is 9.47 Å². The summed E-state index contributed by atoms with van der Waals surface area (Å²) in [5.74, 6) is 2.24. The molecule has 1 aliphatic carbocycles. The van der Waals surface area contributed by atoms with Gasteiger partial charge >= 0.3 is 0 Å². The summed E-state index contributed by atoms with van der Waals surface area (Å²) in [4.78, 5) is 16.9. The summed E-state index contributed by atoms with van der Waals surface area (Å²) in [6.07, 6.45) is 2.72. The third-order valence-electron chi connectivity index (χ3n) is 5.51. The Morgan fingerprint density at radius 2 is 1.85 bits per heavy atom. The first-order chi connectivity index (χ1) is 13.3. The fourth-order valence-corrected chi connectivity index (χ4v) is 3.97. The fraction of sp³-hybridized carbons (Fsp3) is 0.450. The number of aryl methyl sites for hydroxylation is 2. The Balaban J connectivity index is 1.21. The summed E-state index contributed by atoms with van der Waals surface area (Å²) in [7, 11) is 0. The third kappa shape index (κ3) is 3.07. The van der Waals surface area contributed by atoms with Crippen LogP contribution in [-0.4, -0.2) is 59.9 Å². The van der Waals surface area contributed by atoms with Crippen molar-refractivity contribution in [3.63, 3.8) is 0 Å². The molecule has 7 nitrogen and oxygen atoms in total. The van der Waals surface area contributed by atoms with Gasteiger partial charge in [-0.3, -0.25) is 4.79 Å². The summed E-state index contributed by atoms with van der Waals surface area (Å²) in [5, 5.41) is 8.76. The predicted molar refractivity (Wildman–Crippen MR) is 99.2 cm³/mol. The molecule has 1 amide bonds. The maximum absolute atomic E-state index is 12.8. The van der Waals surface area contributed by atoms with Crippen molar-refractivity contribution in [2.24, 2.45) is 0 Å². The van der Waals surface area contributed by atoms with Crippen molar-refractivity contribution in [2.45, 2.75) is 25.4 Å². The highest BCUT2D eigenvalue weighted by Gasteiger charge is 2.33. The number of anilines is 1. The summed E-state index contributed by atoms with van der Waals surface area (Å²) in [5.41, 5.74) is 2.47. The topological polar surface area (TPSA) is 67.8 Å². The maximum atomic E-state index is 12.8. The summed E-state index contributed by atoms with van der Waals surface area (Å²) < 4.78 is 11.5. The van der Waals surface area contributed by atoms with Gasteiger partial charge in [-0.2, -0.15) is 5.10 Å². The number of aromatic nitrogens is 2. The first-order valence-electron chi connectivity index (χ1n) is 9.55. The lowest BCUT2D eigenvalue weighted by Crippen LogP contribution is -2.54. The van der Waals surface area contributed by atoms with Crippen molar-refractivity contribution < 1.29 is 14.3 Å². The fourth-order valence-electron chi connectivity index (χ4n) is 3.97. The van der Waals surface area contributed by atoms with E-state index in [1.165, 1.54) is 12.0 Å². The van der Waals surface area contributed by atoms with Crippen molar-refractivity contribution in [1.29, 1.82) is 0 Å². The van der Waals surface area contributed by atoms with E-state index in [9.17, 15) is 4.79 Å². The Hall–Kier alpha value is -2.83. The van der Waals surface area contributed by atoms with Gasteiger partial charge in [-0.15, -0.1) is 5.10 Å². The van der Waals surface area contributed by atoms with Gasteiger partial charge in [0.05, 0.1) is 5.69 Å². The molecule has 1 unspecified atom stereocenters. The molecule has 5 rings (SSSR count). The molecule has 1 aromatic carbocycles. The highest BCUT2D eigenvalue weighted by Crippen LogP contribution is 2.31. The van der Waals surface area contributed by atoms with Crippen molar-refractivity contribution >= 4 is 11.7 Å². The van der Waals surface area contributed by atoms with Crippen LogP contribution in [0.5, 0.6) is 11.5 Å². The van der Waals surface area contributed by atoms with Crippen molar-refractivity contribution in [3.8, 4) is 11.5 Å². The van der Waals surface area contributed by atoms with Gasteiger partial charge in [0, 0.05) is 26.2 Å². The van der Waals surface area contributed by atoms with Gasteiger partial charge in [-0.1, -0.05) is 12.1 Å². The average molecular weight is 366 g/mol. The number of benzene rings is 1. The number of fused-ring (bicyclic) bond motifs is 2. The lowest BCUT2D eigenvalue weighted by Gasteiger charge is -2.37. The molecule has 0 N–H and O–H groups in total. The number of hydrogen-bond donors (Lipinski definition) is 0. The van der Waals surface area contributed by atoms with Crippen LogP contribution < -0.4 is 14.4 Å². The minimum absolute atomic E-state index is 0.0100. The van der Waals surface area contributed by atoms with E-state index in [0.717, 1.165) is 37.4 Å². The zero-order valence-corrected chi connectivity index (χ0v) is 15.1. The molecule has 7 heteroatoms. The Bertz CT molecular complexity index is 864. The Morgan fingerprint density at radius 3 is 2.70 bits per heavy atom. The lowest BCUT2D eigenvalue weighted by atomic mass is 10.2. The molecule has 2 aromatic rings. The monoisotopic (exact) mass is 366 g/mol. The second-order valence-electron chi connectivity index (χ2n) is 7.20. The summed E-state index contributed by atoms with van der Waals surface area (Å²) in [6, 6.07) is 9.63. The van der Waals surface area contributed by atoms with E-state index in [1.54, 1.807) is 0 Å². The SMILES string of the molecule is O=C(C1COc2ccccc2O1)N1CCN(c2cc3c(nn2)CCC3)CC1. The number of piperazine rings is 1. The molecule has 0 bridgehead atoms. The van der Waals surface area contributed by atoms with Crippen LogP contribution in [0.1, 0.15) is 17.7 Å². The molecular weight excluding hydrogens is 344 g/mol. The van der Waals surface area contributed by atoms with Gasteiger partial charge in [-0.05, 0) is 43.0 Å². The van der Waals surface area contributed by atoms with Gasteiger partial charge < -0.3 is 19.3 Å². The third-order valence-corrected chi connectivity index (χ3v) is 5.51. The molecule has 3 aliphatic rings. The number of carbonyl (C=O) groups excluding carboxylic acids is 1. The second kappa shape index (κ2) is 6.72.